The summed E-state index contributed by atoms with van der Waals surface area (Å²) in [5.41, 5.74) is 3.28. The van der Waals surface area contributed by atoms with Gasteiger partial charge in [0.2, 0.25) is 0 Å². The minimum atomic E-state index is 0.377. The Morgan fingerprint density at radius 3 is 2.44 bits per heavy atom. The van der Waals surface area contributed by atoms with E-state index >= 15 is 0 Å². The molecule has 16 heavy (non-hydrogen) atoms. The van der Waals surface area contributed by atoms with Gasteiger partial charge in [0, 0.05) is 17.9 Å². The molecule has 2 rings (SSSR count). The van der Waals surface area contributed by atoms with Gasteiger partial charge in [-0.05, 0) is 25.2 Å². The first-order valence-electron chi connectivity index (χ1n) is 6.92. The van der Waals surface area contributed by atoms with E-state index in [0.717, 1.165) is 13.0 Å². The van der Waals surface area contributed by atoms with Crippen LogP contribution in [0.2, 0.25) is 0 Å². The molecule has 0 radical (unpaired) electrons. The largest absolute Gasteiger partial charge is 0.384 e. The first kappa shape index (κ1) is 11.8. The molecule has 0 atom stereocenters. The highest BCUT2D eigenvalue weighted by Gasteiger charge is 2.35. The van der Waals surface area contributed by atoms with Gasteiger partial charge in [0.1, 0.15) is 0 Å². The topological polar surface area (TPSA) is 24.1 Å². The number of hydrogen-bond donors (Lipinski definition) is 2. The Bertz CT molecular complexity index is 272. The van der Waals surface area contributed by atoms with Crippen LogP contribution >= 0.6 is 0 Å². The molecule has 0 amide bonds. The molecule has 2 nitrogen and oxygen atoms in total. The lowest BCUT2D eigenvalue weighted by molar-refractivity contribution is 0.225. The molecule has 0 saturated heterocycles. The zero-order valence-corrected chi connectivity index (χ0v) is 11.0. The zero-order chi connectivity index (χ0) is 11.6. The van der Waals surface area contributed by atoms with Crippen LogP contribution in [0.15, 0.2) is 11.4 Å². The lowest BCUT2D eigenvalue weighted by atomic mass is 9.79. The molecule has 0 aromatic heterocycles. The second-order valence-corrected chi connectivity index (χ2v) is 5.72. The van der Waals surface area contributed by atoms with Gasteiger partial charge in [0.25, 0.3) is 0 Å². The highest BCUT2D eigenvalue weighted by molar-refractivity contribution is 5.21. The van der Waals surface area contributed by atoms with Crippen LogP contribution in [0.25, 0.3) is 0 Å². The fourth-order valence-corrected chi connectivity index (χ4v) is 3.16. The van der Waals surface area contributed by atoms with E-state index in [1.54, 1.807) is 0 Å². The van der Waals surface area contributed by atoms with Crippen LogP contribution in [0.3, 0.4) is 0 Å². The van der Waals surface area contributed by atoms with Gasteiger partial charge in [-0.1, -0.05) is 40.0 Å². The third-order valence-electron chi connectivity index (χ3n) is 4.10. The van der Waals surface area contributed by atoms with Crippen molar-refractivity contribution < 1.29 is 0 Å². The van der Waals surface area contributed by atoms with Crippen LogP contribution in [0.1, 0.15) is 59.3 Å². The van der Waals surface area contributed by atoms with Crippen molar-refractivity contribution in [3.63, 3.8) is 0 Å². The van der Waals surface area contributed by atoms with Gasteiger partial charge < -0.3 is 10.6 Å². The monoisotopic (exact) mass is 222 g/mol. The molecular weight excluding hydrogens is 196 g/mol. The van der Waals surface area contributed by atoms with Gasteiger partial charge in [0.15, 0.2) is 0 Å². The van der Waals surface area contributed by atoms with Crippen molar-refractivity contribution in [2.45, 2.75) is 64.8 Å². The standard InChI is InChI=1S/C14H26N2/c1-4-12-13(11(2)3)15-10-14(16-12)8-6-5-7-9-14/h11,15-16H,4-10H2,1-3H3. The van der Waals surface area contributed by atoms with E-state index < -0.39 is 0 Å². The summed E-state index contributed by atoms with van der Waals surface area (Å²) in [6.45, 7) is 7.94. The third-order valence-corrected chi connectivity index (χ3v) is 4.10. The lowest BCUT2D eigenvalue weighted by Crippen LogP contribution is -2.57. The van der Waals surface area contributed by atoms with Crippen molar-refractivity contribution in [2.75, 3.05) is 6.54 Å². The van der Waals surface area contributed by atoms with E-state index in [1.807, 2.05) is 0 Å². The first-order valence-corrected chi connectivity index (χ1v) is 6.92. The average molecular weight is 222 g/mol. The lowest BCUT2D eigenvalue weighted by Gasteiger charge is -2.45. The molecule has 2 aliphatic rings. The molecule has 1 saturated carbocycles. The molecule has 2 N–H and O–H groups in total. The van der Waals surface area contributed by atoms with E-state index in [0.29, 0.717) is 11.5 Å². The second kappa shape index (κ2) is 4.68. The number of hydrogen-bond acceptors (Lipinski definition) is 2. The van der Waals surface area contributed by atoms with Gasteiger partial charge in [-0.3, -0.25) is 0 Å². The minimum Gasteiger partial charge on any atom is -0.384 e. The van der Waals surface area contributed by atoms with Crippen molar-refractivity contribution in [2.24, 2.45) is 5.92 Å². The summed E-state index contributed by atoms with van der Waals surface area (Å²) in [5.74, 6) is 0.614. The maximum atomic E-state index is 3.87. The summed E-state index contributed by atoms with van der Waals surface area (Å²) in [5, 5.41) is 7.56. The molecule has 1 heterocycles. The van der Waals surface area contributed by atoms with Crippen molar-refractivity contribution >= 4 is 0 Å². The van der Waals surface area contributed by atoms with Gasteiger partial charge in [0.05, 0.1) is 5.54 Å². The first-order chi connectivity index (χ1) is 7.67. The normalized spacial score (nSPS) is 24.5. The van der Waals surface area contributed by atoms with E-state index in [-0.39, 0.29) is 0 Å². The van der Waals surface area contributed by atoms with Crippen LogP contribution in [-0.4, -0.2) is 12.1 Å². The predicted octanol–water partition coefficient (Wildman–Crippen LogP) is 3.16. The van der Waals surface area contributed by atoms with E-state index in [2.05, 4.69) is 31.4 Å². The van der Waals surface area contributed by atoms with Gasteiger partial charge in [-0.25, -0.2) is 0 Å². The van der Waals surface area contributed by atoms with Crippen LogP contribution in [0.5, 0.6) is 0 Å². The maximum absolute atomic E-state index is 3.87. The van der Waals surface area contributed by atoms with Crippen LogP contribution in [0, 0.1) is 5.92 Å². The molecule has 92 valence electrons. The van der Waals surface area contributed by atoms with E-state index in [1.165, 1.54) is 43.5 Å². The highest BCUT2D eigenvalue weighted by atomic mass is 15.1. The number of allylic oxidation sites excluding steroid dienone is 2. The van der Waals surface area contributed by atoms with Crippen LogP contribution < -0.4 is 10.6 Å². The summed E-state index contributed by atoms with van der Waals surface area (Å²) < 4.78 is 0. The minimum absolute atomic E-state index is 0.377. The Morgan fingerprint density at radius 2 is 1.88 bits per heavy atom. The Hall–Kier alpha value is -0.660. The van der Waals surface area contributed by atoms with Crippen molar-refractivity contribution in [3.05, 3.63) is 11.4 Å². The van der Waals surface area contributed by atoms with E-state index in [9.17, 15) is 0 Å². The van der Waals surface area contributed by atoms with Crippen molar-refractivity contribution in [1.29, 1.82) is 0 Å². The fraction of sp³-hybridized carbons (Fsp3) is 0.857. The van der Waals surface area contributed by atoms with Crippen LogP contribution in [-0.2, 0) is 0 Å². The molecule has 0 unspecified atom stereocenters. The molecule has 1 fully saturated rings. The fourth-order valence-electron chi connectivity index (χ4n) is 3.16. The average Bonchev–Trinajstić information content (AvgIpc) is 2.29. The number of rotatable bonds is 2. The molecular formula is C14H26N2. The zero-order valence-electron chi connectivity index (χ0n) is 11.0. The summed E-state index contributed by atoms with van der Waals surface area (Å²) >= 11 is 0. The quantitative estimate of drug-likeness (QED) is 0.750. The Labute approximate surface area is 99.9 Å². The summed E-state index contributed by atoms with van der Waals surface area (Å²) in [7, 11) is 0. The molecule has 0 aromatic rings. The molecule has 0 bridgehead atoms. The van der Waals surface area contributed by atoms with Gasteiger partial charge in [-0.15, -0.1) is 0 Å². The van der Waals surface area contributed by atoms with E-state index in [4.69, 9.17) is 0 Å². The molecule has 1 aliphatic carbocycles. The van der Waals surface area contributed by atoms with Crippen molar-refractivity contribution in [3.8, 4) is 0 Å². The molecule has 1 spiro atoms. The van der Waals surface area contributed by atoms with Gasteiger partial charge >= 0.3 is 0 Å². The summed E-state index contributed by atoms with van der Waals surface area (Å²) in [6.07, 6.45) is 8.02. The predicted molar refractivity (Wildman–Crippen MR) is 69.1 cm³/mol. The van der Waals surface area contributed by atoms with Crippen LogP contribution in [0.4, 0.5) is 0 Å². The maximum Gasteiger partial charge on any atom is 0.0543 e. The van der Waals surface area contributed by atoms with Gasteiger partial charge in [-0.2, -0.15) is 0 Å². The summed E-state index contributed by atoms with van der Waals surface area (Å²) in [6, 6.07) is 0. The molecule has 1 aliphatic heterocycles. The second-order valence-electron chi connectivity index (χ2n) is 5.72. The molecule has 0 aromatic carbocycles. The highest BCUT2D eigenvalue weighted by Crippen LogP contribution is 2.32. The SMILES string of the molecule is CCC1=C(C(C)C)NCC2(CCCCC2)N1. The smallest absolute Gasteiger partial charge is 0.0543 e. The Balaban J connectivity index is 2.14. The van der Waals surface area contributed by atoms with Crippen molar-refractivity contribution in [1.82, 2.24) is 10.6 Å². The third kappa shape index (κ3) is 2.21. The number of nitrogens with one attached hydrogen (secondary N) is 2. The summed E-state index contributed by atoms with van der Waals surface area (Å²) in [4.78, 5) is 0. The Kier molecular flexibility index (Phi) is 3.46. The molecule has 2 heteroatoms. The Morgan fingerprint density at radius 1 is 1.19 bits per heavy atom.